The maximum atomic E-state index is 5.41. The molecule has 0 saturated carbocycles. The number of H-pyrrole nitrogens is 1. The first-order valence-electron chi connectivity index (χ1n) is 6.18. The van der Waals surface area contributed by atoms with Crippen molar-refractivity contribution in [3.8, 4) is 5.75 Å². The molecule has 4 nitrogen and oxygen atoms in total. The number of ether oxygens (including phenoxy) is 1. The zero-order chi connectivity index (χ0) is 13.0. The minimum absolute atomic E-state index is 0.699. The Balaban J connectivity index is 1.98. The molecule has 0 bridgehead atoms. The lowest BCUT2D eigenvalue weighted by molar-refractivity contribution is 0.340. The molecular formula is C14H19N3O. The molecule has 1 aromatic carbocycles. The van der Waals surface area contributed by atoms with Gasteiger partial charge in [0.05, 0.1) is 23.7 Å². The van der Waals surface area contributed by atoms with Gasteiger partial charge in [0.15, 0.2) is 0 Å². The molecule has 4 heteroatoms. The second-order valence-electron chi connectivity index (χ2n) is 4.24. The highest BCUT2D eigenvalue weighted by atomic mass is 16.5. The number of hydrogen-bond donors (Lipinski definition) is 2. The third-order valence-corrected chi connectivity index (χ3v) is 2.83. The fraction of sp³-hybridized carbons (Fsp3) is 0.357. The van der Waals surface area contributed by atoms with Gasteiger partial charge >= 0.3 is 0 Å². The highest BCUT2D eigenvalue weighted by Crippen LogP contribution is 2.18. The van der Waals surface area contributed by atoms with Gasteiger partial charge in [-0.2, -0.15) is 5.10 Å². The first-order valence-corrected chi connectivity index (χ1v) is 6.18. The van der Waals surface area contributed by atoms with E-state index in [0.29, 0.717) is 6.61 Å². The van der Waals surface area contributed by atoms with Crippen molar-refractivity contribution in [3.63, 3.8) is 0 Å². The van der Waals surface area contributed by atoms with Crippen LogP contribution in [-0.2, 0) is 6.54 Å². The van der Waals surface area contributed by atoms with Gasteiger partial charge in [0.2, 0.25) is 0 Å². The Hall–Kier alpha value is -1.97. The van der Waals surface area contributed by atoms with Gasteiger partial charge in [-0.3, -0.25) is 5.10 Å². The first kappa shape index (κ1) is 12.5. The molecule has 1 heterocycles. The fourth-order valence-corrected chi connectivity index (χ4v) is 1.87. The maximum Gasteiger partial charge on any atom is 0.119 e. The van der Waals surface area contributed by atoms with Crippen molar-refractivity contribution in [2.75, 3.05) is 11.9 Å². The summed E-state index contributed by atoms with van der Waals surface area (Å²) in [4.78, 5) is 0. The van der Waals surface area contributed by atoms with Gasteiger partial charge in [0, 0.05) is 6.54 Å². The van der Waals surface area contributed by atoms with Crippen molar-refractivity contribution in [3.05, 3.63) is 41.2 Å². The number of nitrogens with one attached hydrogen (secondary N) is 2. The monoisotopic (exact) mass is 245 g/mol. The van der Waals surface area contributed by atoms with E-state index >= 15 is 0 Å². The van der Waals surface area contributed by atoms with Crippen LogP contribution < -0.4 is 10.1 Å². The normalized spacial score (nSPS) is 10.4. The molecule has 0 saturated heterocycles. The van der Waals surface area contributed by atoms with Crippen LogP contribution in [0.2, 0.25) is 0 Å². The SMILES string of the molecule is CCOc1ccc(CNc2c(C)n[nH]c2C)cc1. The summed E-state index contributed by atoms with van der Waals surface area (Å²) in [6.45, 7) is 7.48. The quantitative estimate of drug-likeness (QED) is 0.851. The zero-order valence-corrected chi connectivity index (χ0v) is 11.1. The molecular weight excluding hydrogens is 226 g/mol. The molecule has 18 heavy (non-hydrogen) atoms. The largest absolute Gasteiger partial charge is 0.494 e. The number of anilines is 1. The van der Waals surface area contributed by atoms with Crippen molar-refractivity contribution in [2.45, 2.75) is 27.3 Å². The molecule has 96 valence electrons. The van der Waals surface area contributed by atoms with Crippen molar-refractivity contribution in [1.82, 2.24) is 10.2 Å². The standard InChI is InChI=1S/C14H19N3O/c1-4-18-13-7-5-12(6-8-13)9-15-14-10(2)16-17-11(14)3/h5-8,15H,4,9H2,1-3H3,(H,16,17). The molecule has 0 radical (unpaired) electrons. The van der Waals surface area contributed by atoms with Gasteiger partial charge in [-0.25, -0.2) is 0 Å². The second kappa shape index (κ2) is 5.58. The number of nitrogens with zero attached hydrogens (tertiary/aromatic N) is 1. The van der Waals surface area contributed by atoms with Gasteiger partial charge < -0.3 is 10.1 Å². The van der Waals surface area contributed by atoms with Crippen LogP contribution in [0.1, 0.15) is 23.9 Å². The molecule has 0 atom stereocenters. The third kappa shape index (κ3) is 2.83. The highest BCUT2D eigenvalue weighted by Gasteiger charge is 2.05. The van der Waals surface area contributed by atoms with E-state index in [1.165, 1.54) is 5.56 Å². The van der Waals surface area contributed by atoms with Crippen LogP contribution in [-0.4, -0.2) is 16.8 Å². The second-order valence-corrected chi connectivity index (χ2v) is 4.24. The van der Waals surface area contributed by atoms with E-state index in [4.69, 9.17) is 4.74 Å². The van der Waals surface area contributed by atoms with Crippen LogP contribution in [0.15, 0.2) is 24.3 Å². The Morgan fingerprint density at radius 3 is 2.50 bits per heavy atom. The molecule has 0 amide bonds. The summed E-state index contributed by atoms with van der Waals surface area (Å²) >= 11 is 0. The fourth-order valence-electron chi connectivity index (χ4n) is 1.87. The molecule has 0 aliphatic rings. The third-order valence-electron chi connectivity index (χ3n) is 2.83. The van der Waals surface area contributed by atoms with Crippen LogP contribution in [0.5, 0.6) is 5.75 Å². The molecule has 0 unspecified atom stereocenters. The summed E-state index contributed by atoms with van der Waals surface area (Å²) in [5.41, 5.74) is 4.37. The Bertz CT molecular complexity index is 483. The maximum absolute atomic E-state index is 5.41. The number of hydrogen-bond acceptors (Lipinski definition) is 3. The summed E-state index contributed by atoms with van der Waals surface area (Å²) < 4.78 is 5.41. The van der Waals surface area contributed by atoms with E-state index in [-0.39, 0.29) is 0 Å². The molecule has 2 rings (SSSR count). The molecule has 0 aliphatic carbocycles. The Morgan fingerprint density at radius 1 is 1.22 bits per heavy atom. The molecule has 1 aromatic heterocycles. The summed E-state index contributed by atoms with van der Waals surface area (Å²) in [7, 11) is 0. The summed E-state index contributed by atoms with van der Waals surface area (Å²) in [5.74, 6) is 0.914. The van der Waals surface area contributed by atoms with E-state index in [2.05, 4.69) is 27.6 Å². The van der Waals surface area contributed by atoms with Crippen molar-refractivity contribution in [2.24, 2.45) is 0 Å². The van der Waals surface area contributed by atoms with Crippen LogP contribution in [0, 0.1) is 13.8 Å². The number of benzene rings is 1. The van der Waals surface area contributed by atoms with Gasteiger partial charge in [-0.15, -0.1) is 0 Å². The van der Waals surface area contributed by atoms with E-state index in [1.54, 1.807) is 0 Å². The minimum Gasteiger partial charge on any atom is -0.494 e. The number of rotatable bonds is 5. The lowest BCUT2D eigenvalue weighted by Crippen LogP contribution is -2.01. The summed E-state index contributed by atoms with van der Waals surface area (Å²) in [6.07, 6.45) is 0. The molecule has 2 aromatic rings. The van der Waals surface area contributed by atoms with Crippen molar-refractivity contribution in [1.29, 1.82) is 0 Å². The van der Waals surface area contributed by atoms with Gasteiger partial charge in [0.1, 0.15) is 5.75 Å². The van der Waals surface area contributed by atoms with Crippen LogP contribution in [0.4, 0.5) is 5.69 Å². The van der Waals surface area contributed by atoms with Crippen molar-refractivity contribution >= 4 is 5.69 Å². The van der Waals surface area contributed by atoms with Gasteiger partial charge in [-0.05, 0) is 38.5 Å². The lowest BCUT2D eigenvalue weighted by Gasteiger charge is -2.08. The van der Waals surface area contributed by atoms with Crippen LogP contribution in [0.3, 0.4) is 0 Å². The minimum atomic E-state index is 0.699. The molecule has 0 aliphatic heterocycles. The van der Waals surface area contributed by atoms with Gasteiger partial charge in [-0.1, -0.05) is 12.1 Å². The van der Waals surface area contributed by atoms with Crippen LogP contribution >= 0.6 is 0 Å². The highest BCUT2D eigenvalue weighted by molar-refractivity contribution is 5.51. The van der Waals surface area contributed by atoms with E-state index in [1.807, 2.05) is 32.9 Å². The average Bonchev–Trinajstić information content (AvgIpc) is 2.69. The summed E-state index contributed by atoms with van der Waals surface area (Å²) in [6, 6.07) is 8.14. The predicted molar refractivity (Wildman–Crippen MR) is 73.0 cm³/mol. The van der Waals surface area contributed by atoms with Crippen LogP contribution in [0.25, 0.3) is 0 Å². The Kier molecular flexibility index (Phi) is 3.87. The molecule has 2 N–H and O–H groups in total. The predicted octanol–water partition coefficient (Wildman–Crippen LogP) is 3.04. The van der Waals surface area contributed by atoms with Crippen molar-refractivity contribution < 1.29 is 4.74 Å². The summed E-state index contributed by atoms with van der Waals surface area (Å²) in [5, 5.41) is 10.5. The van der Waals surface area contributed by atoms with E-state index < -0.39 is 0 Å². The van der Waals surface area contributed by atoms with E-state index in [0.717, 1.165) is 29.4 Å². The topological polar surface area (TPSA) is 49.9 Å². The van der Waals surface area contributed by atoms with Gasteiger partial charge in [0.25, 0.3) is 0 Å². The van der Waals surface area contributed by atoms with E-state index in [9.17, 15) is 0 Å². The zero-order valence-electron chi connectivity index (χ0n) is 11.1. The number of aromatic amines is 1. The number of aromatic nitrogens is 2. The first-order chi connectivity index (χ1) is 8.70. The molecule has 0 fully saturated rings. The lowest BCUT2D eigenvalue weighted by atomic mass is 10.2. The Labute approximate surface area is 107 Å². The number of aryl methyl sites for hydroxylation is 2. The average molecular weight is 245 g/mol. The smallest absolute Gasteiger partial charge is 0.119 e. The molecule has 0 spiro atoms. The Morgan fingerprint density at radius 2 is 1.94 bits per heavy atom.